The van der Waals surface area contributed by atoms with Crippen molar-refractivity contribution in [3.8, 4) is 0 Å². The van der Waals surface area contributed by atoms with E-state index in [9.17, 15) is 0 Å². The van der Waals surface area contributed by atoms with E-state index in [0.29, 0.717) is 0 Å². The Morgan fingerprint density at radius 3 is 1.57 bits per heavy atom. The van der Waals surface area contributed by atoms with Crippen LogP contribution in [0.5, 0.6) is 0 Å². The van der Waals surface area contributed by atoms with Crippen molar-refractivity contribution in [2.45, 2.75) is 25.7 Å². The molecule has 82 valence electrons. The molecule has 2 saturated heterocycles. The molecule has 0 radical (unpaired) electrons. The molecule has 0 bridgehead atoms. The molecular formula is C12H24N2. The minimum absolute atomic E-state index is 0.983. The SMILES string of the molecule is CN1CCCC(C2CCCN(C)C2)C1. The predicted octanol–water partition coefficient (Wildman–Crippen LogP) is 1.67. The van der Waals surface area contributed by atoms with Crippen LogP contribution < -0.4 is 0 Å². The molecule has 0 saturated carbocycles. The Kier molecular flexibility index (Phi) is 3.45. The molecular weight excluding hydrogens is 172 g/mol. The fourth-order valence-electron chi connectivity index (χ4n) is 3.18. The molecule has 0 aromatic heterocycles. The monoisotopic (exact) mass is 196 g/mol. The van der Waals surface area contributed by atoms with Crippen molar-refractivity contribution in [1.29, 1.82) is 0 Å². The van der Waals surface area contributed by atoms with Gasteiger partial charge in [-0.25, -0.2) is 0 Å². The number of hydrogen-bond acceptors (Lipinski definition) is 2. The Morgan fingerprint density at radius 1 is 0.786 bits per heavy atom. The van der Waals surface area contributed by atoms with Gasteiger partial charge in [-0.05, 0) is 64.7 Å². The maximum absolute atomic E-state index is 2.52. The fraction of sp³-hybridized carbons (Fsp3) is 1.00. The molecule has 0 spiro atoms. The molecule has 2 unspecified atom stereocenters. The first kappa shape index (κ1) is 10.4. The third kappa shape index (κ3) is 2.48. The van der Waals surface area contributed by atoms with Gasteiger partial charge in [-0.1, -0.05) is 0 Å². The Balaban J connectivity index is 1.86. The van der Waals surface area contributed by atoms with Crippen molar-refractivity contribution in [3.63, 3.8) is 0 Å². The second-order valence-corrected chi connectivity index (χ2v) is 5.33. The first-order chi connectivity index (χ1) is 6.75. The summed E-state index contributed by atoms with van der Waals surface area (Å²) in [7, 11) is 4.55. The van der Waals surface area contributed by atoms with E-state index >= 15 is 0 Å². The molecule has 2 heterocycles. The number of likely N-dealkylation sites (tertiary alicyclic amines) is 2. The van der Waals surface area contributed by atoms with Crippen molar-refractivity contribution in [3.05, 3.63) is 0 Å². The molecule has 2 fully saturated rings. The summed E-state index contributed by atoms with van der Waals surface area (Å²) in [6.07, 6.45) is 5.79. The minimum Gasteiger partial charge on any atom is -0.306 e. The molecule has 14 heavy (non-hydrogen) atoms. The van der Waals surface area contributed by atoms with Gasteiger partial charge in [0, 0.05) is 13.1 Å². The van der Waals surface area contributed by atoms with Gasteiger partial charge >= 0.3 is 0 Å². The zero-order valence-electron chi connectivity index (χ0n) is 9.71. The number of piperidine rings is 2. The van der Waals surface area contributed by atoms with Crippen molar-refractivity contribution < 1.29 is 0 Å². The molecule has 2 aliphatic heterocycles. The molecule has 2 rings (SSSR count). The molecule has 2 aliphatic rings. The fourth-order valence-corrected chi connectivity index (χ4v) is 3.18. The Labute approximate surface area is 88.3 Å². The van der Waals surface area contributed by atoms with Crippen LogP contribution in [0, 0.1) is 11.8 Å². The highest BCUT2D eigenvalue weighted by atomic mass is 15.1. The van der Waals surface area contributed by atoms with E-state index in [4.69, 9.17) is 0 Å². The van der Waals surface area contributed by atoms with Crippen LogP contribution in [0.1, 0.15) is 25.7 Å². The standard InChI is InChI=1S/C12H24N2/c1-13-7-3-5-11(9-13)12-6-4-8-14(2)10-12/h11-12H,3-10H2,1-2H3. The smallest absolute Gasteiger partial charge is 0.000974 e. The lowest BCUT2D eigenvalue weighted by atomic mass is 9.81. The lowest BCUT2D eigenvalue weighted by Gasteiger charge is -2.39. The van der Waals surface area contributed by atoms with E-state index < -0.39 is 0 Å². The summed E-state index contributed by atoms with van der Waals surface area (Å²) in [6.45, 7) is 5.33. The van der Waals surface area contributed by atoms with Gasteiger partial charge in [0.25, 0.3) is 0 Å². The topological polar surface area (TPSA) is 6.48 Å². The normalized spacial score (nSPS) is 37.3. The van der Waals surface area contributed by atoms with E-state index in [1.54, 1.807) is 0 Å². The van der Waals surface area contributed by atoms with Crippen molar-refractivity contribution in [1.82, 2.24) is 9.80 Å². The molecule has 0 aromatic rings. The quantitative estimate of drug-likeness (QED) is 0.629. The second-order valence-electron chi connectivity index (χ2n) is 5.33. The van der Waals surface area contributed by atoms with Gasteiger partial charge < -0.3 is 9.80 Å². The average molecular weight is 196 g/mol. The van der Waals surface area contributed by atoms with E-state index in [-0.39, 0.29) is 0 Å². The van der Waals surface area contributed by atoms with Gasteiger partial charge in [0.2, 0.25) is 0 Å². The molecule has 2 atom stereocenters. The van der Waals surface area contributed by atoms with Gasteiger partial charge in [0.1, 0.15) is 0 Å². The summed E-state index contributed by atoms with van der Waals surface area (Å²) in [5.74, 6) is 1.97. The van der Waals surface area contributed by atoms with E-state index in [1.807, 2.05) is 0 Å². The van der Waals surface area contributed by atoms with Crippen LogP contribution in [0.2, 0.25) is 0 Å². The number of nitrogens with zero attached hydrogens (tertiary/aromatic N) is 2. The highest BCUT2D eigenvalue weighted by Gasteiger charge is 2.28. The zero-order chi connectivity index (χ0) is 9.97. The highest BCUT2D eigenvalue weighted by molar-refractivity contribution is 4.81. The van der Waals surface area contributed by atoms with Crippen LogP contribution in [0.15, 0.2) is 0 Å². The Hall–Kier alpha value is -0.0800. The third-order valence-corrected chi connectivity index (χ3v) is 3.99. The summed E-state index contributed by atoms with van der Waals surface area (Å²) in [6, 6.07) is 0. The molecule has 2 heteroatoms. The molecule has 2 nitrogen and oxygen atoms in total. The molecule has 0 N–H and O–H groups in total. The van der Waals surface area contributed by atoms with Crippen molar-refractivity contribution >= 4 is 0 Å². The summed E-state index contributed by atoms with van der Waals surface area (Å²) in [5.41, 5.74) is 0. The molecule has 0 aromatic carbocycles. The number of rotatable bonds is 1. The third-order valence-electron chi connectivity index (χ3n) is 3.99. The van der Waals surface area contributed by atoms with Crippen LogP contribution >= 0.6 is 0 Å². The average Bonchev–Trinajstić information content (AvgIpc) is 2.18. The lowest BCUT2D eigenvalue weighted by Crippen LogP contribution is -2.42. The first-order valence-electron chi connectivity index (χ1n) is 6.13. The van der Waals surface area contributed by atoms with Crippen LogP contribution in [-0.2, 0) is 0 Å². The lowest BCUT2D eigenvalue weighted by molar-refractivity contribution is 0.101. The first-order valence-corrected chi connectivity index (χ1v) is 6.13. The van der Waals surface area contributed by atoms with Gasteiger partial charge in [0.15, 0.2) is 0 Å². The zero-order valence-corrected chi connectivity index (χ0v) is 9.71. The second kappa shape index (κ2) is 4.63. The summed E-state index contributed by atoms with van der Waals surface area (Å²) < 4.78 is 0. The van der Waals surface area contributed by atoms with Crippen molar-refractivity contribution in [2.75, 3.05) is 40.3 Å². The number of hydrogen-bond donors (Lipinski definition) is 0. The van der Waals surface area contributed by atoms with Gasteiger partial charge in [-0.15, -0.1) is 0 Å². The van der Waals surface area contributed by atoms with Gasteiger partial charge in [-0.3, -0.25) is 0 Å². The largest absolute Gasteiger partial charge is 0.306 e. The highest BCUT2D eigenvalue weighted by Crippen LogP contribution is 2.29. The molecule has 0 amide bonds. The predicted molar refractivity (Wildman–Crippen MR) is 60.4 cm³/mol. The van der Waals surface area contributed by atoms with E-state index in [0.717, 1.165) is 11.8 Å². The van der Waals surface area contributed by atoms with Crippen LogP contribution in [0.4, 0.5) is 0 Å². The maximum atomic E-state index is 2.52. The summed E-state index contributed by atoms with van der Waals surface area (Å²) in [4.78, 5) is 5.03. The summed E-state index contributed by atoms with van der Waals surface area (Å²) >= 11 is 0. The Bertz CT molecular complexity index is 161. The van der Waals surface area contributed by atoms with Crippen LogP contribution in [0.25, 0.3) is 0 Å². The Morgan fingerprint density at radius 2 is 1.21 bits per heavy atom. The van der Waals surface area contributed by atoms with Gasteiger partial charge in [-0.2, -0.15) is 0 Å². The molecule has 0 aliphatic carbocycles. The van der Waals surface area contributed by atoms with E-state index in [1.165, 1.54) is 51.9 Å². The van der Waals surface area contributed by atoms with Crippen LogP contribution in [0.3, 0.4) is 0 Å². The van der Waals surface area contributed by atoms with E-state index in [2.05, 4.69) is 23.9 Å². The van der Waals surface area contributed by atoms with Crippen molar-refractivity contribution in [2.24, 2.45) is 11.8 Å². The van der Waals surface area contributed by atoms with Gasteiger partial charge in [0.05, 0.1) is 0 Å². The minimum atomic E-state index is 0.983. The van der Waals surface area contributed by atoms with Crippen LogP contribution in [-0.4, -0.2) is 50.1 Å². The maximum Gasteiger partial charge on any atom is 0.000974 e. The summed E-state index contributed by atoms with van der Waals surface area (Å²) in [5, 5.41) is 0.